The maximum absolute atomic E-state index is 12.8. The van der Waals surface area contributed by atoms with Crippen molar-refractivity contribution in [3.8, 4) is 0 Å². The summed E-state index contributed by atoms with van der Waals surface area (Å²) < 4.78 is 12.8. The van der Waals surface area contributed by atoms with E-state index in [1.165, 1.54) is 23.9 Å². The van der Waals surface area contributed by atoms with Gasteiger partial charge in [0.2, 0.25) is 0 Å². The van der Waals surface area contributed by atoms with Crippen LogP contribution in [-0.4, -0.2) is 16.0 Å². The second-order valence-corrected chi connectivity index (χ2v) is 4.56. The van der Waals surface area contributed by atoms with E-state index in [4.69, 9.17) is 10.9 Å². The number of hydrogen-bond acceptors (Lipinski definition) is 4. The van der Waals surface area contributed by atoms with Crippen molar-refractivity contribution in [2.45, 2.75) is 9.79 Å². The van der Waals surface area contributed by atoms with Crippen molar-refractivity contribution in [3.63, 3.8) is 0 Å². The summed E-state index contributed by atoms with van der Waals surface area (Å²) in [6.07, 6.45) is 1.57. The zero-order valence-electron chi connectivity index (χ0n) is 9.25. The fourth-order valence-corrected chi connectivity index (χ4v) is 2.15. The van der Waals surface area contributed by atoms with E-state index in [0.717, 1.165) is 9.79 Å². The van der Waals surface area contributed by atoms with Crippen molar-refractivity contribution in [1.82, 2.24) is 4.98 Å². The lowest BCUT2D eigenvalue weighted by Gasteiger charge is -2.03. The minimum absolute atomic E-state index is 0.0449. The number of rotatable bonds is 3. The molecule has 0 radical (unpaired) electrons. The summed E-state index contributed by atoms with van der Waals surface area (Å²) in [4.78, 5) is 5.75. The third-order valence-electron chi connectivity index (χ3n) is 2.15. The van der Waals surface area contributed by atoms with Crippen LogP contribution in [0.2, 0.25) is 0 Å². The molecule has 3 N–H and O–H groups in total. The molecule has 0 saturated heterocycles. The smallest absolute Gasteiger partial charge is 0.188 e. The number of nitrogens with two attached hydrogens (primary N) is 1. The van der Waals surface area contributed by atoms with Gasteiger partial charge in [-0.3, -0.25) is 4.98 Å². The Morgan fingerprint density at radius 2 is 1.94 bits per heavy atom. The molecule has 18 heavy (non-hydrogen) atoms. The van der Waals surface area contributed by atoms with Gasteiger partial charge in [-0.05, 0) is 36.4 Å². The van der Waals surface area contributed by atoms with E-state index < -0.39 is 0 Å². The zero-order valence-corrected chi connectivity index (χ0v) is 10.1. The molecule has 4 nitrogen and oxygen atoms in total. The zero-order chi connectivity index (χ0) is 13.0. The maximum Gasteiger partial charge on any atom is 0.188 e. The highest BCUT2D eigenvalue weighted by Crippen LogP contribution is 2.27. The molecule has 0 saturated carbocycles. The van der Waals surface area contributed by atoms with Gasteiger partial charge in [0.05, 0.1) is 0 Å². The topological polar surface area (TPSA) is 71.5 Å². The van der Waals surface area contributed by atoms with Crippen molar-refractivity contribution < 1.29 is 9.60 Å². The summed E-state index contributed by atoms with van der Waals surface area (Å²) in [5.74, 6) is -0.317. The summed E-state index contributed by atoms with van der Waals surface area (Å²) in [6.45, 7) is 0. The Bertz CT molecular complexity index is 572. The van der Waals surface area contributed by atoms with Crippen LogP contribution in [0.4, 0.5) is 4.39 Å². The number of benzene rings is 1. The fourth-order valence-electron chi connectivity index (χ4n) is 1.30. The average molecular weight is 263 g/mol. The van der Waals surface area contributed by atoms with Gasteiger partial charge in [-0.2, -0.15) is 0 Å². The molecule has 1 heterocycles. The standard InChI is InChI=1S/C12H10FN3OS/c13-8-1-3-9(4-2-8)18-10-5-6-15-11(7-10)12(14)16-17/h1-7,17H,(H2,14,16). The second kappa shape index (κ2) is 5.50. The van der Waals surface area contributed by atoms with E-state index in [2.05, 4.69) is 10.1 Å². The molecule has 0 aliphatic rings. The van der Waals surface area contributed by atoms with Crippen molar-refractivity contribution >= 4 is 17.6 Å². The number of amidine groups is 1. The average Bonchev–Trinajstić information content (AvgIpc) is 2.41. The van der Waals surface area contributed by atoms with Gasteiger partial charge in [0.1, 0.15) is 11.5 Å². The first-order valence-electron chi connectivity index (χ1n) is 5.06. The van der Waals surface area contributed by atoms with Crippen LogP contribution in [0.1, 0.15) is 5.69 Å². The van der Waals surface area contributed by atoms with E-state index in [0.29, 0.717) is 5.69 Å². The highest BCUT2D eigenvalue weighted by atomic mass is 32.2. The Morgan fingerprint density at radius 1 is 1.22 bits per heavy atom. The predicted octanol–water partition coefficient (Wildman–Crippen LogP) is 2.47. The van der Waals surface area contributed by atoms with E-state index in [1.54, 1.807) is 30.5 Å². The molecular weight excluding hydrogens is 253 g/mol. The first-order valence-corrected chi connectivity index (χ1v) is 5.88. The normalized spacial score (nSPS) is 11.5. The lowest BCUT2D eigenvalue weighted by atomic mass is 10.3. The Balaban J connectivity index is 2.22. The number of nitrogens with zero attached hydrogens (tertiary/aromatic N) is 2. The van der Waals surface area contributed by atoms with Crippen LogP contribution >= 0.6 is 11.8 Å². The van der Waals surface area contributed by atoms with Crippen LogP contribution in [-0.2, 0) is 0 Å². The molecule has 0 unspecified atom stereocenters. The molecule has 6 heteroatoms. The van der Waals surface area contributed by atoms with E-state index >= 15 is 0 Å². The molecule has 0 aliphatic heterocycles. The third kappa shape index (κ3) is 2.98. The van der Waals surface area contributed by atoms with Crippen molar-refractivity contribution in [1.29, 1.82) is 0 Å². The van der Waals surface area contributed by atoms with Crippen molar-refractivity contribution in [2.24, 2.45) is 10.9 Å². The van der Waals surface area contributed by atoms with Crippen LogP contribution in [0.3, 0.4) is 0 Å². The van der Waals surface area contributed by atoms with Gasteiger partial charge in [0.25, 0.3) is 0 Å². The maximum atomic E-state index is 12.8. The number of hydrogen-bond donors (Lipinski definition) is 2. The highest BCUT2D eigenvalue weighted by molar-refractivity contribution is 7.99. The third-order valence-corrected chi connectivity index (χ3v) is 3.15. The van der Waals surface area contributed by atoms with Crippen LogP contribution in [0.25, 0.3) is 0 Å². The first kappa shape index (κ1) is 12.4. The first-order chi connectivity index (χ1) is 8.69. The summed E-state index contributed by atoms with van der Waals surface area (Å²) >= 11 is 1.44. The monoisotopic (exact) mass is 263 g/mol. The minimum Gasteiger partial charge on any atom is -0.409 e. The predicted molar refractivity (Wildman–Crippen MR) is 67.3 cm³/mol. The number of aromatic nitrogens is 1. The van der Waals surface area contributed by atoms with E-state index in [9.17, 15) is 4.39 Å². The lowest BCUT2D eigenvalue weighted by Crippen LogP contribution is -2.14. The Morgan fingerprint density at radius 3 is 2.61 bits per heavy atom. The molecule has 92 valence electrons. The second-order valence-electron chi connectivity index (χ2n) is 3.42. The Hall–Kier alpha value is -2.08. The molecule has 0 atom stereocenters. The highest BCUT2D eigenvalue weighted by Gasteiger charge is 2.04. The summed E-state index contributed by atoms with van der Waals surface area (Å²) in [6, 6.07) is 9.65. The Labute approximate surface area is 107 Å². The molecule has 2 aromatic rings. The minimum atomic E-state index is -0.272. The van der Waals surface area contributed by atoms with Crippen LogP contribution in [0.15, 0.2) is 57.5 Å². The number of halogens is 1. The lowest BCUT2D eigenvalue weighted by molar-refractivity contribution is 0.318. The van der Waals surface area contributed by atoms with Gasteiger partial charge in [0.15, 0.2) is 5.84 Å². The Kier molecular flexibility index (Phi) is 3.78. The number of pyridine rings is 1. The van der Waals surface area contributed by atoms with Gasteiger partial charge < -0.3 is 10.9 Å². The SMILES string of the molecule is NC(=NO)c1cc(Sc2ccc(F)cc2)ccn1. The molecule has 2 rings (SSSR count). The van der Waals surface area contributed by atoms with Gasteiger partial charge in [-0.1, -0.05) is 16.9 Å². The van der Waals surface area contributed by atoms with Gasteiger partial charge in [-0.15, -0.1) is 0 Å². The van der Waals surface area contributed by atoms with Crippen LogP contribution < -0.4 is 5.73 Å². The molecule has 1 aromatic heterocycles. The van der Waals surface area contributed by atoms with E-state index in [-0.39, 0.29) is 11.7 Å². The fraction of sp³-hybridized carbons (Fsp3) is 0. The molecular formula is C12H10FN3OS. The largest absolute Gasteiger partial charge is 0.409 e. The molecule has 0 fully saturated rings. The molecule has 0 amide bonds. The molecule has 1 aromatic carbocycles. The quantitative estimate of drug-likeness (QED) is 0.386. The summed E-state index contributed by atoms with van der Waals surface area (Å²) in [5, 5.41) is 11.5. The summed E-state index contributed by atoms with van der Waals surface area (Å²) in [7, 11) is 0. The molecule has 0 spiro atoms. The van der Waals surface area contributed by atoms with Gasteiger partial charge in [0, 0.05) is 16.0 Å². The van der Waals surface area contributed by atoms with Gasteiger partial charge >= 0.3 is 0 Å². The van der Waals surface area contributed by atoms with Crippen LogP contribution in [0, 0.1) is 5.82 Å². The number of oxime groups is 1. The van der Waals surface area contributed by atoms with Crippen molar-refractivity contribution in [3.05, 3.63) is 54.1 Å². The molecule has 0 aliphatic carbocycles. The summed E-state index contributed by atoms with van der Waals surface area (Å²) in [5.41, 5.74) is 5.85. The molecule has 0 bridgehead atoms. The van der Waals surface area contributed by atoms with Crippen molar-refractivity contribution in [2.75, 3.05) is 0 Å². The van der Waals surface area contributed by atoms with E-state index in [1.807, 2.05) is 0 Å². The van der Waals surface area contributed by atoms with Gasteiger partial charge in [-0.25, -0.2) is 4.39 Å². The van der Waals surface area contributed by atoms with Crippen LogP contribution in [0.5, 0.6) is 0 Å².